The maximum Gasteiger partial charge on any atom is 0.261 e. The Labute approximate surface area is 119 Å². The van der Waals surface area contributed by atoms with Gasteiger partial charge in [0, 0.05) is 6.54 Å². The van der Waals surface area contributed by atoms with E-state index in [2.05, 4.69) is 5.32 Å². The van der Waals surface area contributed by atoms with Crippen LogP contribution in [0.4, 0.5) is 4.39 Å². The normalized spacial score (nSPS) is 11.9. The molecule has 2 rings (SSSR count). The number of aliphatic hydroxyl groups excluding tert-OH is 1. The van der Waals surface area contributed by atoms with Crippen molar-refractivity contribution >= 4 is 17.2 Å². The Kier molecular flexibility index (Phi) is 5.09. The van der Waals surface area contributed by atoms with Gasteiger partial charge in [0.25, 0.3) is 5.91 Å². The van der Waals surface area contributed by atoms with Crippen LogP contribution in [-0.4, -0.2) is 30.3 Å². The molecule has 1 heterocycles. The number of halogens is 1. The first-order valence-electron chi connectivity index (χ1n) is 6.03. The van der Waals surface area contributed by atoms with E-state index in [1.54, 1.807) is 12.1 Å². The molecule has 0 aliphatic carbocycles. The standard InChI is InChI=1S/C14H14FNO3S/c15-10-3-5-12(6-4-10)19-9-11(17)8-16-14(18)13-2-1-7-20-13/h1-7,11,17H,8-9H2,(H,16,18)/t11-/m1/s1. The Morgan fingerprint density at radius 2 is 2.10 bits per heavy atom. The summed E-state index contributed by atoms with van der Waals surface area (Å²) in [6, 6.07) is 9.01. The molecule has 0 radical (unpaired) electrons. The lowest BCUT2D eigenvalue weighted by Crippen LogP contribution is -2.34. The van der Waals surface area contributed by atoms with Crippen LogP contribution in [0.2, 0.25) is 0 Å². The van der Waals surface area contributed by atoms with Crippen molar-refractivity contribution in [3.05, 3.63) is 52.5 Å². The van der Waals surface area contributed by atoms with Crippen molar-refractivity contribution in [2.45, 2.75) is 6.10 Å². The quantitative estimate of drug-likeness (QED) is 0.857. The van der Waals surface area contributed by atoms with E-state index in [0.717, 1.165) is 0 Å². The Morgan fingerprint density at radius 3 is 2.75 bits per heavy atom. The molecule has 1 aromatic carbocycles. The van der Waals surface area contributed by atoms with Crippen LogP contribution in [0.25, 0.3) is 0 Å². The molecular formula is C14H14FNO3S. The van der Waals surface area contributed by atoms with E-state index in [4.69, 9.17) is 4.74 Å². The second-order valence-electron chi connectivity index (χ2n) is 4.11. The molecule has 0 aliphatic rings. The highest BCUT2D eigenvalue weighted by Crippen LogP contribution is 2.11. The SMILES string of the molecule is O=C(NC[C@@H](O)COc1ccc(F)cc1)c1cccs1. The number of nitrogens with one attached hydrogen (secondary N) is 1. The zero-order valence-electron chi connectivity index (χ0n) is 10.6. The summed E-state index contributed by atoms with van der Waals surface area (Å²) >= 11 is 1.33. The predicted octanol–water partition coefficient (Wildman–Crippen LogP) is 2.06. The first-order valence-corrected chi connectivity index (χ1v) is 6.91. The van der Waals surface area contributed by atoms with Gasteiger partial charge in [-0.15, -0.1) is 11.3 Å². The molecule has 2 N–H and O–H groups in total. The molecule has 0 saturated carbocycles. The highest BCUT2D eigenvalue weighted by Gasteiger charge is 2.10. The molecule has 0 bridgehead atoms. The second-order valence-corrected chi connectivity index (χ2v) is 5.05. The van der Waals surface area contributed by atoms with Crippen LogP contribution in [0, 0.1) is 5.82 Å². The Morgan fingerprint density at radius 1 is 1.35 bits per heavy atom. The molecule has 0 fully saturated rings. The van der Waals surface area contributed by atoms with Crippen molar-refractivity contribution in [1.82, 2.24) is 5.32 Å². The Hall–Kier alpha value is -1.92. The molecule has 4 nitrogen and oxygen atoms in total. The van der Waals surface area contributed by atoms with Crippen LogP contribution in [0.1, 0.15) is 9.67 Å². The van der Waals surface area contributed by atoms with Crippen molar-refractivity contribution in [2.24, 2.45) is 0 Å². The first-order chi connectivity index (χ1) is 9.65. The van der Waals surface area contributed by atoms with E-state index < -0.39 is 6.10 Å². The van der Waals surface area contributed by atoms with Gasteiger partial charge < -0.3 is 15.2 Å². The van der Waals surface area contributed by atoms with Gasteiger partial charge in [-0.25, -0.2) is 4.39 Å². The summed E-state index contributed by atoms with van der Waals surface area (Å²) in [5, 5.41) is 14.1. The zero-order valence-corrected chi connectivity index (χ0v) is 11.4. The average molecular weight is 295 g/mol. The molecule has 0 unspecified atom stereocenters. The van der Waals surface area contributed by atoms with Gasteiger partial charge in [0.15, 0.2) is 0 Å². The number of hydrogen-bond acceptors (Lipinski definition) is 4. The van der Waals surface area contributed by atoms with Crippen LogP contribution < -0.4 is 10.1 Å². The number of ether oxygens (including phenoxy) is 1. The van der Waals surface area contributed by atoms with Gasteiger partial charge in [-0.1, -0.05) is 6.07 Å². The molecule has 0 aliphatic heterocycles. The van der Waals surface area contributed by atoms with Gasteiger partial charge in [-0.05, 0) is 35.7 Å². The third-order valence-electron chi connectivity index (χ3n) is 2.50. The van der Waals surface area contributed by atoms with E-state index in [0.29, 0.717) is 10.6 Å². The lowest BCUT2D eigenvalue weighted by atomic mass is 10.3. The lowest BCUT2D eigenvalue weighted by Gasteiger charge is -2.13. The molecule has 1 aromatic heterocycles. The van der Waals surface area contributed by atoms with Gasteiger partial charge in [0.1, 0.15) is 24.3 Å². The Bertz CT molecular complexity index is 542. The van der Waals surface area contributed by atoms with Crippen molar-refractivity contribution in [3.63, 3.8) is 0 Å². The fraction of sp³-hybridized carbons (Fsp3) is 0.214. The molecule has 0 saturated heterocycles. The van der Waals surface area contributed by atoms with Gasteiger partial charge in [-0.3, -0.25) is 4.79 Å². The van der Waals surface area contributed by atoms with Gasteiger partial charge in [0.2, 0.25) is 0 Å². The number of amides is 1. The third-order valence-corrected chi connectivity index (χ3v) is 3.37. The topological polar surface area (TPSA) is 58.6 Å². The average Bonchev–Trinajstić information content (AvgIpc) is 2.98. The van der Waals surface area contributed by atoms with Crippen molar-refractivity contribution in [2.75, 3.05) is 13.2 Å². The fourth-order valence-electron chi connectivity index (χ4n) is 1.49. The third kappa shape index (κ3) is 4.32. The lowest BCUT2D eigenvalue weighted by molar-refractivity contribution is 0.0847. The molecule has 0 spiro atoms. The summed E-state index contributed by atoms with van der Waals surface area (Å²) in [5.74, 6) is -0.100. The largest absolute Gasteiger partial charge is 0.491 e. The number of aliphatic hydroxyl groups is 1. The van der Waals surface area contributed by atoms with Gasteiger partial charge >= 0.3 is 0 Å². The van der Waals surface area contributed by atoms with E-state index in [1.807, 2.05) is 5.38 Å². The monoisotopic (exact) mass is 295 g/mol. The molecule has 1 atom stereocenters. The summed E-state index contributed by atoms with van der Waals surface area (Å²) in [6.07, 6.45) is -0.830. The van der Waals surface area contributed by atoms with Crippen LogP contribution >= 0.6 is 11.3 Å². The van der Waals surface area contributed by atoms with Crippen molar-refractivity contribution in [3.8, 4) is 5.75 Å². The molecule has 20 heavy (non-hydrogen) atoms. The van der Waals surface area contributed by atoms with Crippen LogP contribution in [0.5, 0.6) is 5.75 Å². The maximum atomic E-state index is 12.7. The maximum absolute atomic E-state index is 12.7. The molecule has 1 amide bonds. The summed E-state index contributed by atoms with van der Waals surface area (Å²) in [4.78, 5) is 12.2. The molecular weight excluding hydrogens is 281 g/mol. The molecule has 6 heteroatoms. The zero-order chi connectivity index (χ0) is 14.4. The number of carbonyl (C=O) groups excluding carboxylic acids is 1. The minimum Gasteiger partial charge on any atom is -0.491 e. The highest BCUT2D eigenvalue weighted by atomic mass is 32.1. The summed E-state index contributed by atoms with van der Waals surface area (Å²) < 4.78 is 18.0. The van der Waals surface area contributed by atoms with E-state index in [9.17, 15) is 14.3 Å². The van der Waals surface area contributed by atoms with Crippen LogP contribution in [0.3, 0.4) is 0 Å². The summed E-state index contributed by atoms with van der Waals surface area (Å²) in [5.41, 5.74) is 0. The fourth-order valence-corrected chi connectivity index (χ4v) is 2.13. The Balaban J connectivity index is 1.71. The molecule has 2 aromatic rings. The summed E-state index contributed by atoms with van der Waals surface area (Å²) in [7, 11) is 0. The van der Waals surface area contributed by atoms with Gasteiger partial charge in [-0.2, -0.15) is 0 Å². The number of benzene rings is 1. The minimum atomic E-state index is -0.830. The van der Waals surface area contributed by atoms with Crippen LogP contribution in [0.15, 0.2) is 41.8 Å². The van der Waals surface area contributed by atoms with E-state index in [-0.39, 0.29) is 24.9 Å². The number of carbonyl (C=O) groups is 1. The highest BCUT2D eigenvalue weighted by molar-refractivity contribution is 7.12. The predicted molar refractivity (Wildman–Crippen MR) is 74.6 cm³/mol. The number of thiophene rings is 1. The van der Waals surface area contributed by atoms with Gasteiger partial charge in [0.05, 0.1) is 4.88 Å². The van der Waals surface area contributed by atoms with E-state index in [1.165, 1.54) is 35.6 Å². The number of rotatable bonds is 6. The summed E-state index contributed by atoms with van der Waals surface area (Å²) in [6.45, 7) is 0.119. The number of hydrogen-bond donors (Lipinski definition) is 2. The second kappa shape index (κ2) is 7.02. The smallest absolute Gasteiger partial charge is 0.261 e. The molecule has 106 valence electrons. The van der Waals surface area contributed by atoms with Crippen molar-refractivity contribution < 1.29 is 19.0 Å². The van der Waals surface area contributed by atoms with E-state index >= 15 is 0 Å². The minimum absolute atomic E-state index is 0.0242. The van der Waals surface area contributed by atoms with Crippen LogP contribution in [-0.2, 0) is 0 Å². The van der Waals surface area contributed by atoms with Crippen molar-refractivity contribution in [1.29, 1.82) is 0 Å². The first kappa shape index (κ1) is 14.5.